The van der Waals surface area contributed by atoms with Crippen molar-refractivity contribution < 1.29 is 9.53 Å². The molecule has 2 aliphatic rings. The predicted molar refractivity (Wildman–Crippen MR) is 84.3 cm³/mol. The van der Waals surface area contributed by atoms with Crippen LogP contribution in [-0.4, -0.2) is 62.3 Å². The standard InChI is InChI=1S/C16H31N3O2/c1-4-5-16(6-7-17-13-16)14(20)18-12-15(2,3)19-8-10-21-11-9-19/h17H,4-13H2,1-3H3,(H,18,20). The fourth-order valence-electron chi connectivity index (χ4n) is 3.51. The fraction of sp³-hybridized carbons (Fsp3) is 0.938. The maximum absolute atomic E-state index is 12.7. The molecule has 2 heterocycles. The van der Waals surface area contributed by atoms with Gasteiger partial charge >= 0.3 is 0 Å². The minimum Gasteiger partial charge on any atom is -0.379 e. The van der Waals surface area contributed by atoms with Crippen LogP contribution in [0.15, 0.2) is 0 Å². The number of hydrogen-bond acceptors (Lipinski definition) is 4. The minimum absolute atomic E-state index is 0.0150. The van der Waals surface area contributed by atoms with Crippen LogP contribution in [0.4, 0.5) is 0 Å². The number of nitrogens with one attached hydrogen (secondary N) is 2. The molecule has 1 amide bonds. The van der Waals surface area contributed by atoms with Crippen molar-refractivity contribution in [3.8, 4) is 0 Å². The summed E-state index contributed by atoms with van der Waals surface area (Å²) in [6.45, 7) is 12.5. The first-order valence-corrected chi connectivity index (χ1v) is 8.32. The molecule has 0 radical (unpaired) electrons. The Morgan fingerprint density at radius 2 is 2.10 bits per heavy atom. The van der Waals surface area contributed by atoms with Crippen molar-refractivity contribution in [2.45, 2.75) is 45.6 Å². The van der Waals surface area contributed by atoms with Crippen LogP contribution < -0.4 is 10.6 Å². The van der Waals surface area contributed by atoms with Gasteiger partial charge in [0, 0.05) is 31.7 Å². The second kappa shape index (κ2) is 7.07. The van der Waals surface area contributed by atoms with Gasteiger partial charge in [0.15, 0.2) is 0 Å². The van der Waals surface area contributed by atoms with Crippen molar-refractivity contribution in [3.05, 3.63) is 0 Å². The van der Waals surface area contributed by atoms with Gasteiger partial charge in [-0.15, -0.1) is 0 Å². The van der Waals surface area contributed by atoms with Crippen LogP contribution in [0.2, 0.25) is 0 Å². The molecule has 0 bridgehead atoms. The van der Waals surface area contributed by atoms with Crippen molar-refractivity contribution in [1.29, 1.82) is 0 Å². The molecule has 122 valence electrons. The fourth-order valence-corrected chi connectivity index (χ4v) is 3.51. The lowest BCUT2D eigenvalue weighted by molar-refractivity contribution is -0.131. The van der Waals surface area contributed by atoms with Crippen LogP contribution in [-0.2, 0) is 9.53 Å². The van der Waals surface area contributed by atoms with E-state index < -0.39 is 0 Å². The molecule has 1 atom stereocenters. The van der Waals surface area contributed by atoms with Gasteiger partial charge in [0.05, 0.1) is 18.6 Å². The van der Waals surface area contributed by atoms with Crippen molar-refractivity contribution in [2.24, 2.45) is 5.41 Å². The molecule has 0 aromatic heterocycles. The Hall–Kier alpha value is -0.650. The lowest BCUT2D eigenvalue weighted by Gasteiger charge is -2.41. The first-order chi connectivity index (χ1) is 10.0. The summed E-state index contributed by atoms with van der Waals surface area (Å²) in [5.74, 6) is 0.232. The summed E-state index contributed by atoms with van der Waals surface area (Å²) in [6.07, 6.45) is 3.00. The smallest absolute Gasteiger partial charge is 0.227 e. The summed E-state index contributed by atoms with van der Waals surface area (Å²) >= 11 is 0. The number of carbonyl (C=O) groups excluding carboxylic acids is 1. The summed E-state index contributed by atoms with van der Waals surface area (Å²) in [5, 5.41) is 6.58. The second-order valence-corrected chi connectivity index (χ2v) is 7.05. The number of ether oxygens (including phenoxy) is 1. The third-order valence-corrected chi connectivity index (χ3v) is 5.00. The number of rotatable bonds is 6. The zero-order valence-corrected chi connectivity index (χ0v) is 13.8. The highest BCUT2D eigenvalue weighted by Crippen LogP contribution is 2.31. The van der Waals surface area contributed by atoms with E-state index in [1.165, 1.54) is 0 Å². The normalized spacial score (nSPS) is 27.8. The molecule has 21 heavy (non-hydrogen) atoms. The molecule has 1 unspecified atom stereocenters. The third-order valence-electron chi connectivity index (χ3n) is 5.00. The van der Waals surface area contributed by atoms with Crippen LogP contribution in [0, 0.1) is 5.41 Å². The second-order valence-electron chi connectivity index (χ2n) is 7.05. The molecule has 5 nitrogen and oxygen atoms in total. The number of amides is 1. The lowest BCUT2D eigenvalue weighted by Crippen LogP contribution is -2.57. The molecule has 2 N–H and O–H groups in total. The van der Waals surface area contributed by atoms with Crippen molar-refractivity contribution in [1.82, 2.24) is 15.5 Å². The van der Waals surface area contributed by atoms with Gasteiger partial charge in [0.1, 0.15) is 0 Å². The molecule has 0 spiro atoms. The predicted octanol–water partition coefficient (Wildman–Crippen LogP) is 0.993. The van der Waals surface area contributed by atoms with Crippen molar-refractivity contribution in [3.63, 3.8) is 0 Å². The molecule has 2 aliphatic heterocycles. The van der Waals surface area contributed by atoms with E-state index in [1.54, 1.807) is 0 Å². The Morgan fingerprint density at radius 3 is 2.67 bits per heavy atom. The number of morpholine rings is 1. The van der Waals surface area contributed by atoms with Crippen LogP contribution in [0.5, 0.6) is 0 Å². The Kier molecular flexibility index (Phi) is 5.63. The summed E-state index contributed by atoms with van der Waals surface area (Å²) in [6, 6.07) is 0. The highest BCUT2D eigenvalue weighted by molar-refractivity contribution is 5.83. The molecule has 0 aromatic carbocycles. The van der Waals surface area contributed by atoms with E-state index in [2.05, 4.69) is 36.3 Å². The van der Waals surface area contributed by atoms with Gasteiger partial charge in [0.2, 0.25) is 5.91 Å². The average molecular weight is 297 g/mol. The summed E-state index contributed by atoms with van der Waals surface area (Å²) in [7, 11) is 0. The maximum atomic E-state index is 12.7. The van der Waals surface area contributed by atoms with E-state index in [0.29, 0.717) is 6.54 Å². The number of carbonyl (C=O) groups is 1. The Morgan fingerprint density at radius 1 is 1.38 bits per heavy atom. The largest absolute Gasteiger partial charge is 0.379 e. The van der Waals surface area contributed by atoms with E-state index in [0.717, 1.165) is 58.7 Å². The highest BCUT2D eigenvalue weighted by Gasteiger charge is 2.41. The molecule has 5 heteroatoms. The zero-order chi connectivity index (χ0) is 15.3. The molecule has 0 aromatic rings. The Bertz CT molecular complexity index is 345. The van der Waals surface area contributed by atoms with Crippen LogP contribution in [0.25, 0.3) is 0 Å². The van der Waals surface area contributed by atoms with Gasteiger partial charge in [0.25, 0.3) is 0 Å². The summed E-state index contributed by atoms with van der Waals surface area (Å²) < 4.78 is 5.41. The molecule has 2 fully saturated rings. The minimum atomic E-state index is -0.185. The van der Waals surface area contributed by atoms with E-state index in [9.17, 15) is 4.79 Å². The third kappa shape index (κ3) is 3.96. The van der Waals surface area contributed by atoms with Crippen molar-refractivity contribution >= 4 is 5.91 Å². The SMILES string of the molecule is CCCC1(C(=O)NCC(C)(C)N2CCOCC2)CCNC1. The van der Waals surface area contributed by atoms with Gasteiger partial charge in [-0.25, -0.2) is 0 Å². The van der Waals surface area contributed by atoms with Gasteiger partial charge in [-0.2, -0.15) is 0 Å². The Balaban J connectivity index is 1.89. The first-order valence-electron chi connectivity index (χ1n) is 8.32. The Labute approximate surface area is 128 Å². The van der Waals surface area contributed by atoms with Crippen LogP contribution in [0.1, 0.15) is 40.0 Å². The molecular weight excluding hydrogens is 266 g/mol. The summed E-state index contributed by atoms with van der Waals surface area (Å²) in [4.78, 5) is 15.1. The molecular formula is C16H31N3O2. The quantitative estimate of drug-likeness (QED) is 0.768. The highest BCUT2D eigenvalue weighted by atomic mass is 16.5. The molecule has 2 saturated heterocycles. The van der Waals surface area contributed by atoms with Crippen LogP contribution >= 0.6 is 0 Å². The summed E-state index contributed by atoms with van der Waals surface area (Å²) in [5.41, 5.74) is -0.200. The van der Waals surface area contributed by atoms with E-state index in [1.807, 2.05) is 0 Å². The van der Waals surface area contributed by atoms with Gasteiger partial charge in [-0.1, -0.05) is 13.3 Å². The molecule has 0 aliphatic carbocycles. The van der Waals surface area contributed by atoms with Crippen LogP contribution in [0.3, 0.4) is 0 Å². The first kappa shape index (κ1) is 16.7. The lowest BCUT2D eigenvalue weighted by atomic mass is 9.81. The molecule has 2 rings (SSSR count). The van der Waals surface area contributed by atoms with Gasteiger partial charge in [-0.05, 0) is 33.2 Å². The van der Waals surface area contributed by atoms with E-state index in [4.69, 9.17) is 4.74 Å². The molecule has 0 saturated carbocycles. The van der Waals surface area contributed by atoms with Gasteiger partial charge < -0.3 is 15.4 Å². The number of nitrogens with zero attached hydrogens (tertiary/aromatic N) is 1. The topological polar surface area (TPSA) is 53.6 Å². The zero-order valence-electron chi connectivity index (χ0n) is 13.8. The monoisotopic (exact) mass is 297 g/mol. The van der Waals surface area contributed by atoms with E-state index in [-0.39, 0.29) is 16.9 Å². The number of hydrogen-bond donors (Lipinski definition) is 2. The van der Waals surface area contributed by atoms with E-state index >= 15 is 0 Å². The van der Waals surface area contributed by atoms with Gasteiger partial charge in [-0.3, -0.25) is 9.69 Å². The van der Waals surface area contributed by atoms with Crippen molar-refractivity contribution in [2.75, 3.05) is 45.9 Å². The maximum Gasteiger partial charge on any atom is 0.227 e. The average Bonchev–Trinajstić information content (AvgIpc) is 2.96.